The van der Waals surface area contributed by atoms with Gasteiger partial charge in [0.15, 0.2) is 0 Å². The van der Waals surface area contributed by atoms with Crippen molar-refractivity contribution in [3.8, 4) is 0 Å². The minimum atomic E-state index is -0.291. The average molecular weight is 329 g/mol. The Morgan fingerprint density at radius 2 is 1.88 bits per heavy atom. The summed E-state index contributed by atoms with van der Waals surface area (Å²) in [6.07, 6.45) is 3.07. The van der Waals surface area contributed by atoms with E-state index < -0.39 is 0 Å². The first-order chi connectivity index (χ1) is 11.8. The predicted molar refractivity (Wildman–Crippen MR) is 93.0 cm³/mol. The first-order valence-electron chi connectivity index (χ1n) is 9.23. The van der Waals surface area contributed by atoms with Gasteiger partial charge < -0.3 is 15.0 Å². The van der Waals surface area contributed by atoms with Crippen molar-refractivity contribution in [2.24, 2.45) is 0 Å². The van der Waals surface area contributed by atoms with Gasteiger partial charge in [-0.1, -0.05) is 24.3 Å². The van der Waals surface area contributed by atoms with Crippen molar-refractivity contribution in [2.75, 3.05) is 45.9 Å². The molecule has 1 unspecified atom stereocenters. The molecule has 1 aromatic carbocycles. The topological polar surface area (TPSA) is 44.8 Å². The number of carbonyl (C=O) groups excluding carboxylic acids is 1. The normalized spacial score (nSPS) is 26.2. The first kappa shape index (κ1) is 16.1. The van der Waals surface area contributed by atoms with Gasteiger partial charge in [0.2, 0.25) is 0 Å². The van der Waals surface area contributed by atoms with Gasteiger partial charge in [0.25, 0.3) is 5.91 Å². The molecule has 2 saturated heterocycles. The number of benzene rings is 1. The number of fused-ring (bicyclic) bond motifs is 1. The molecular weight excluding hydrogens is 302 g/mol. The van der Waals surface area contributed by atoms with Gasteiger partial charge in [-0.05, 0) is 30.4 Å². The molecule has 1 atom stereocenters. The maximum absolute atomic E-state index is 12.7. The molecule has 2 fully saturated rings. The summed E-state index contributed by atoms with van der Waals surface area (Å²) in [5.74, 6) is 0.166. The number of hydrogen-bond donors (Lipinski definition) is 1. The molecule has 1 aromatic rings. The summed E-state index contributed by atoms with van der Waals surface area (Å²) in [6.45, 7) is 5.88. The molecule has 1 amide bonds. The average Bonchev–Trinajstić information content (AvgIpc) is 2.91. The minimum absolute atomic E-state index is 0.166. The second-order valence-corrected chi connectivity index (χ2v) is 7.11. The monoisotopic (exact) mass is 329 g/mol. The maximum Gasteiger partial charge on any atom is 0.253 e. The van der Waals surface area contributed by atoms with Gasteiger partial charge in [-0.25, -0.2) is 0 Å². The molecule has 1 aliphatic carbocycles. The summed E-state index contributed by atoms with van der Waals surface area (Å²) in [4.78, 5) is 17.3. The van der Waals surface area contributed by atoms with Crippen LogP contribution < -0.4 is 5.32 Å². The third kappa shape index (κ3) is 3.34. The van der Waals surface area contributed by atoms with E-state index in [0.717, 1.165) is 52.0 Å². The molecule has 24 heavy (non-hydrogen) atoms. The van der Waals surface area contributed by atoms with E-state index in [1.165, 1.54) is 11.1 Å². The SMILES string of the molecule is O=C(C1CNCCO1)N1CCCN(C2Cc3ccccc3C2)CC1. The van der Waals surface area contributed by atoms with Crippen LogP contribution in [0.1, 0.15) is 17.5 Å². The summed E-state index contributed by atoms with van der Waals surface area (Å²) in [7, 11) is 0. The molecule has 2 heterocycles. The van der Waals surface area contributed by atoms with Gasteiger partial charge in [0, 0.05) is 45.3 Å². The smallest absolute Gasteiger partial charge is 0.253 e. The Hall–Kier alpha value is -1.43. The quantitative estimate of drug-likeness (QED) is 0.867. The Labute approximate surface area is 144 Å². The van der Waals surface area contributed by atoms with Crippen LogP contribution in [0.2, 0.25) is 0 Å². The van der Waals surface area contributed by atoms with Crippen molar-refractivity contribution < 1.29 is 9.53 Å². The number of carbonyl (C=O) groups is 1. The molecular formula is C19H27N3O2. The van der Waals surface area contributed by atoms with Gasteiger partial charge in [-0.15, -0.1) is 0 Å². The maximum atomic E-state index is 12.7. The van der Waals surface area contributed by atoms with Gasteiger partial charge >= 0.3 is 0 Å². The Morgan fingerprint density at radius 3 is 2.58 bits per heavy atom. The largest absolute Gasteiger partial charge is 0.366 e. The molecule has 0 saturated carbocycles. The highest BCUT2D eigenvalue weighted by molar-refractivity contribution is 5.81. The van der Waals surface area contributed by atoms with E-state index in [-0.39, 0.29) is 12.0 Å². The lowest BCUT2D eigenvalue weighted by molar-refractivity contribution is -0.145. The molecule has 1 N–H and O–H groups in total. The third-order valence-electron chi connectivity index (χ3n) is 5.59. The van der Waals surface area contributed by atoms with Crippen LogP contribution in [0.4, 0.5) is 0 Å². The molecule has 130 valence electrons. The highest BCUT2D eigenvalue weighted by Crippen LogP contribution is 2.26. The molecule has 0 radical (unpaired) electrons. The van der Waals surface area contributed by atoms with Crippen LogP contribution in [-0.4, -0.2) is 73.7 Å². The van der Waals surface area contributed by atoms with Crippen LogP contribution in [-0.2, 0) is 22.4 Å². The number of ether oxygens (including phenoxy) is 1. The number of hydrogen-bond acceptors (Lipinski definition) is 4. The molecule has 5 nitrogen and oxygen atoms in total. The fourth-order valence-corrected chi connectivity index (χ4v) is 4.24. The second kappa shape index (κ2) is 7.21. The van der Waals surface area contributed by atoms with E-state index >= 15 is 0 Å². The number of nitrogens with one attached hydrogen (secondary N) is 1. The van der Waals surface area contributed by atoms with Crippen LogP contribution >= 0.6 is 0 Å². The molecule has 0 spiro atoms. The Balaban J connectivity index is 1.34. The van der Waals surface area contributed by atoms with E-state index in [4.69, 9.17) is 4.74 Å². The number of amides is 1. The lowest BCUT2D eigenvalue weighted by Crippen LogP contribution is -2.50. The fraction of sp³-hybridized carbons (Fsp3) is 0.632. The molecule has 3 aliphatic rings. The summed E-state index contributed by atoms with van der Waals surface area (Å²) in [6, 6.07) is 9.40. The van der Waals surface area contributed by atoms with Crippen molar-refractivity contribution >= 4 is 5.91 Å². The van der Waals surface area contributed by atoms with E-state index in [2.05, 4.69) is 34.5 Å². The van der Waals surface area contributed by atoms with Crippen molar-refractivity contribution in [1.82, 2.24) is 15.1 Å². The molecule has 4 rings (SSSR count). The van der Waals surface area contributed by atoms with Crippen molar-refractivity contribution in [1.29, 1.82) is 0 Å². The van der Waals surface area contributed by atoms with E-state index in [1.807, 2.05) is 4.90 Å². The second-order valence-electron chi connectivity index (χ2n) is 7.11. The summed E-state index contributed by atoms with van der Waals surface area (Å²) >= 11 is 0. The third-order valence-corrected chi connectivity index (χ3v) is 5.59. The summed E-state index contributed by atoms with van der Waals surface area (Å²) in [5, 5.41) is 3.25. The zero-order chi connectivity index (χ0) is 16.4. The van der Waals surface area contributed by atoms with Crippen LogP contribution in [0.5, 0.6) is 0 Å². The zero-order valence-electron chi connectivity index (χ0n) is 14.2. The fourth-order valence-electron chi connectivity index (χ4n) is 4.24. The van der Waals surface area contributed by atoms with Gasteiger partial charge in [0.1, 0.15) is 6.10 Å². The van der Waals surface area contributed by atoms with Crippen molar-refractivity contribution in [3.63, 3.8) is 0 Å². The lowest BCUT2D eigenvalue weighted by atomic mass is 10.1. The van der Waals surface area contributed by atoms with E-state index in [9.17, 15) is 4.79 Å². The van der Waals surface area contributed by atoms with Crippen molar-refractivity contribution in [3.05, 3.63) is 35.4 Å². The number of rotatable bonds is 2. The van der Waals surface area contributed by atoms with Crippen molar-refractivity contribution in [2.45, 2.75) is 31.4 Å². The Bertz CT molecular complexity index is 561. The molecule has 5 heteroatoms. The van der Waals surface area contributed by atoms with E-state index in [1.54, 1.807) is 0 Å². The van der Waals surface area contributed by atoms with Crippen LogP contribution in [0.15, 0.2) is 24.3 Å². The van der Waals surface area contributed by atoms with Gasteiger partial charge in [0.05, 0.1) is 6.61 Å². The predicted octanol–water partition coefficient (Wildman–Crippen LogP) is 0.677. The molecule has 2 aliphatic heterocycles. The van der Waals surface area contributed by atoms with Gasteiger partial charge in [-0.3, -0.25) is 9.69 Å². The highest BCUT2D eigenvalue weighted by atomic mass is 16.5. The van der Waals surface area contributed by atoms with Crippen LogP contribution in [0.3, 0.4) is 0 Å². The Morgan fingerprint density at radius 1 is 1.08 bits per heavy atom. The molecule has 0 aromatic heterocycles. The summed E-state index contributed by atoms with van der Waals surface area (Å²) < 4.78 is 5.64. The van der Waals surface area contributed by atoms with E-state index in [0.29, 0.717) is 19.2 Å². The standard InChI is InChI=1S/C19H27N3O2/c23-19(18-14-20-6-11-24-18)22-8-3-7-21(9-10-22)17-12-15-4-1-2-5-16(15)13-17/h1-2,4-5,17-18,20H,3,6-14H2. The lowest BCUT2D eigenvalue weighted by Gasteiger charge is -2.30. The summed E-state index contributed by atoms with van der Waals surface area (Å²) in [5.41, 5.74) is 3.00. The number of morpholine rings is 1. The first-order valence-corrected chi connectivity index (χ1v) is 9.23. The van der Waals surface area contributed by atoms with Crippen LogP contribution in [0.25, 0.3) is 0 Å². The zero-order valence-corrected chi connectivity index (χ0v) is 14.2. The van der Waals surface area contributed by atoms with Crippen LogP contribution in [0, 0.1) is 0 Å². The Kier molecular flexibility index (Phi) is 4.83. The molecule has 0 bridgehead atoms. The highest BCUT2D eigenvalue weighted by Gasteiger charge is 2.31. The minimum Gasteiger partial charge on any atom is -0.366 e. The number of nitrogens with zero attached hydrogens (tertiary/aromatic N) is 2. The van der Waals surface area contributed by atoms with Gasteiger partial charge in [-0.2, -0.15) is 0 Å².